The van der Waals surface area contributed by atoms with Gasteiger partial charge in [-0.15, -0.1) is 0 Å². The van der Waals surface area contributed by atoms with Gasteiger partial charge in [-0.05, 0) is 31.4 Å². The number of benzene rings is 1. The molecule has 2 N–H and O–H groups in total. The van der Waals surface area contributed by atoms with Gasteiger partial charge in [0.2, 0.25) is 0 Å². The Morgan fingerprint density at radius 3 is 2.65 bits per heavy atom. The zero-order valence-corrected chi connectivity index (χ0v) is 9.56. The number of hydrogen-bond donors (Lipinski definition) is 2. The van der Waals surface area contributed by atoms with Crippen LogP contribution >= 0.6 is 0 Å². The van der Waals surface area contributed by atoms with E-state index in [9.17, 15) is 5.11 Å². The molecule has 2 aromatic rings. The van der Waals surface area contributed by atoms with Gasteiger partial charge in [0, 0.05) is 0 Å². The number of aromatic nitrogens is 2. The molecule has 1 aromatic heterocycles. The second kappa shape index (κ2) is 3.96. The Labute approximate surface area is 99.7 Å². The summed E-state index contributed by atoms with van der Waals surface area (Å²) in [4.78, 5) is 8.86. The van der Waals surface area contributed by atoms with Crippen LogP contribution in [0.2, 0.25) is 0 Å². The van der Waals surface area contributed by atoms with Crippen molar-refractivity contribution >= 4 is 16.9 Å². The van der Waals surface area contributed by atoms with Crippen LogP contribution in [0.15, 0.2) is 30.5 Å². The Hall–Kier alpha value is -1.68. The summed E-state index contributed by atoms with van der Waals surface area (Å²) in [6, 6.07) is 7.79. The largest absolute Gasteiger partial charge is 0.394 e. The number of anilines is 1. The first kappa shape index (κ1) is 10.5. The second-order valence-electron chi connectivity index (χ2n) is 4.66. The molecule has 0 aliphatic heterocycles. The maximum atomic E-state index is 9.40. The lowest BCUT2D eigenvalue weighted by Gasteiger charge is -2.41. The van der Waals surface area contributed by atoms with Gasteiger partial charge in [0.05, 0.1) is 29.4 Å². The van der Waals surface area contributed by atoms with E-state index in [4.69, 9.17) is 0 Å². The molecule has 4 heteroatoms. The quantitative estimate of drug-likeness (QED) is 0.844. The van der Waals surface area contributed by atoms with Gasteiger partial charge in [-0.25, -0.2) is 4.98 Å². The predicted octanol–water partition coefficient (Wildman–Crippen LogP) is 1.96. The average molecular weight is 229 g/mol. The summed E-state index contributed by atoms with van der Waals surface area (Å²) in [5.41, 5.74) is 1.60. The fourth-order valence-corrected chi connectivity index (χ4v) is 2.22. The van der Waals surface area contributed by atoms with E-state index >= 15 is 0 Å². The van der Waals surface area contributed by atoms with Crippen molar-refractivity contribution in [1.29, 1.82) is 0 Å². The Bertz CT molecular complexity index is 531. The number of nitrogens with zero attached hydrogens (tertiary/aromatic N) is 2. The van der Waals surface area contributed by atoms with Crippen LogP contribution in [-0.2, 0) is 0 Å². The fourth-order valence-electron chi connectivity index (χ4n) is 2.22. The number of aliphatic hydroxyl groups excluding tert-OH is 1. The molecule has 1 aliphatic carbocycles. The standard InChI is InChI=1S/C13H15N3O/c17-9-13(6-3-7-13)16-12-8-14-10-4-1-2-5-11(10)15-12/h1-2,4-5,8,17H,3,6-7,9H2,(H,15,16). The lowest BCUT2D eigenvalue weighted by atomic mass is 9.77. The number of rotatable bonds is 3. The molecule has 0 bridgehead atoms. The normalized spacial score (nSPS) is 17.7. The molecule has 0 radical (unpaired) electrons. The maximum absolute atomic E-state index is 9.40. The Morgan fingerprint density at radius 2 is 2.00 bits per heavy atom. The first-order valence-corrected chi connectivity index (χ1v) is 5.92. The molecule has 0 saturated heterocycles. The summed E-state index contributed by atoms with van der Waals surface area (Å²) in [6.07, 6.45) is 4.89. The highest BCUT2D eigenvalue weighted by molar-refractivity contribution is 5.75. The molecule has 1 aliphatic rings. The van der Waals surface area contributed by atoms with Crippen molar-refractivity contribution in [3.05, 3.63) is 30.5 Å². The second-order valence-corrected chi connectivity index (χ2v) is 4.66. The highest BCUT2D eigenvalue weighted by atomic mass is 16.3. The van der Waals surface area contributed by atoms with Gasteiger partial charge in [-0.1, -0.05) is 12.1 Å². The monoisotopic (exact) mass is 229 g/mol. The molecule has 0 amide bonds. The Kier molecular flexibility index (Phi) is 2.44. The smallest absolute Gasteiger partial charge is 0.145 e. The third kappa shape index (κ3) is 1.85. The molecule has 88 valence electrons. The zero-order chi connectivity index (χ0) is 11.7. The van der Waals surface area contributed by atoms with Gasteiger partial charge >= 0.3 is 0 Å². The average Bonchev–Trinajstić information content (AvgIpc) is 2.34. The zero-order valence-electron chi connectivity index (χ0n) is 9.56. The summed E-state index contributed by atoms with van der Waals surface area (Å²) in [5, 5.41) is 12.7. The third-order valence-electron chi connectivity index (χ3n) is 3.46. The van der Waals surface area contributed by atoms with E-state index in [2.05, 4.69) is 15.3 Å². The molecular weight excluding hydrogens is 214 g/mol. The van der Waals surface area contributed by atoms with Crippen molar-refractivity contribution in [2.75, 3.05) is 11.9 Å². The van der Waals surface area contributed by atoms with Crippen LogP contribution in [0.5, 0.6) is 0 Å². The van der Waals surface area contributed by atoms with E-state index in [1.807, 2.05) is 24.3 Å². The minimum absolute atomic E-state index is 0.154. The van der Waals surface area contributed by atoms with Gasteiger partial charge < -0.3 is 10.4 Å². The maximum Gasteiger partial charge on any atom is 0.145 e. The minimum atomic E-state index is -0.170. The van der Waals surface area contributed by atoms with Crippen molar-refractivity contribution in [3.63, 3.8) is 0 Å². The minimum Gasteiger partial charge on any atom is -0.394 e. The lowest BCUT2D eigenvalue weighted by Crippen LogP contribution is -2.48. The molecule has 1 fully saturated rings. The summed E-state index contributed by atoms with van der Waals surface area (Å²) in [6.45, 7) is 0.154. The summed E-state index contributed by atoms with van der Waals surface area (Å²) in [5.74, 6) is 0.748. The predicted molar refractivity (Wildman–Crippen MR) is 66.8 cm³/mol. The molecule has 3 rings (SSSR count). The van der Waals surface area contributed by atoms with Gasteiger partial charge in [0.25, 0.3) is 0 Å². The molecule has 0 spiro atoms. The van der Waals surface area contributed by atoms with E-state index in [-0.39, 0.29) is 12.1 Å². The third-order valence-corrected chi connectivity index (χ3v) is 3.46. The SMILES string of the molecule is OCC1(Nc2cnc3ccccc3n2)CCC1. The molecule has 1 saturated carbocycles. The van der Waals surface area contributed by atoms with E-state index in [1.165, 1.54) is 0 Å². The first-order chi connectivity index (χ1) is 8.31. The molecule has 0 atom stereocenters. The number of nitrogens with one attached hydrogen (secondary N) is 1. The van der Waals surface area contributed by atoms with Crippen molar-refractivity contribution in [3.8, 4) is 0 Å². The number of aliphatic hydroxyl groups is 1. The van der Waals surface area contributed by atoms with Gasteiger partial charge in [0.15, 0.2) is 0 Å². The van der Waals surface area contributed by atoms with Crippen LogP contribution in [0.1, 0.15) is 19.3 Å². The highest BCUT2D eigenvalue weighted by Crippen LogP contribution is 2.34. The summed E-state index contributed by atoms with van der Waals surface area (Å²) in [7, 11) is 0. The van der Waals surface area contributed by atoms with Crippen LogP contribution in [0.4, 0.5) is 5.82 Å². The first-order valence-electron chi connectivity index (χ1n) is 5.92. The van der Waals surface area contributed by atoms with E-state index in [1.54, 1.807) is 6.20 Å². The highest BCUT2D eigenvalue weighted by Gasteiger charge is 2.36. The topological polar surface area (TPSA) is 58.0 Å². The van der Waals surface area contributed by atoms with E-state index < -0.39 is 0 Å². The molecule has 0 unspecified atom stereocenters. The summed E-state index contributed by atoms with van der Waals surface area (Å²) >= 11 is 0. The van der Waals surface area contributed by atoms with Crippen LogP contribution in [0.25, 0.3) is 11.0 Å². The molecule has 1 aromatic carbocycles. The van der Waals surface area contributed by atoms with Crippen molar-refractivity contribution in [2.45, 2.75) is 24.8 Å². The Balaban J connectivity index is 1.90. The lowest BCUT2D eigenvalue weighted by molar-refractivity contribution is 0.144. The summed E-state index contributed by atoms with van der Waals surface area (Å²) < 4.78 is 0. The van der Waals surface area contributed by atoms with Gasteiger partial charge in [0.1, 0.15) is 5.82 Å². The van der Waals surface area contributed by atoms with Crippen molar-refractivity contribution in [2.24, 2.45) is 0 Å². The van der Waals surface area contributed by atoms with Crippen LogP contribution in [-0.4, -0.2) is 27.2 Å². The number of hydrogen-bond acceptors (Lipinski definition) is 4. The van der Waals surface area contributed by atoms with Gasteiger partial charge in [-0.2, -0.15) is 0 Å². The van der Waals surface area contributed by atoms with Crippen molar-refractivity contribution < 1.29 is 5.11 Å². The van der Waals surface area contributed by atoms with Crippen molar-refractivity contribution in [1.82, 2.24) is 9.97 Å². The molecule has 1 heterocycles. The van der Waals surface area contributed by atoms with Crippen LogP contribution < -0.4 is 5.32 Å². The molecule has 4 nitrogen and oxygen atoms in total. The molecular formula is C13H15N3O. The Morgan fingerprint density at radius 1 is 1.24 bits per heavy atom. The van der Waals surface area contributed by atoms with Crippen LogP contribution in [0, 0.1) is 0 Å². The number of para-hydroxylation sites is 2. The van der Waals surface area contributed by atoms with E-state index in [0.717, 1.165) is 36.1 Å². The van der Waals surface area contributed by atoms with Gasteiger partial charge in [-0.3, -0.25) is 4.98 Å². The van der Waals surface area contributed by atoms with Crippen LogP contribution in [0.3, 0.4) is 0 Å². The van der Waals surface area contributed by atoms with E-state index in [0.29, 0.717) is 0 Å². The number of fused-ring (bicyclic) bond motifs is 1. The molecule has 17 heavy (non-hydrogen) atoms. The fraction of sp³-hybridized carbons (Fsp3) is 0.385.